The van der Waals surface area contributed by atoms with Crippen LogP contribution >= 0.6 is 0 Å². The number of aliphatic hydroxyl groups is 1. The first-order valence-electron chi connectivity index (χ1n) is 5.87. The molecule has 1 fully saturated rings. The number of pyridine rings is 1. The average Bonchev–Trinajstić information content (AvgIpc) is 2.30. The Balaban J connectivity index is 0.000000171. The summed E-state index contributed by atoms with van der Waals surface area (Å²) in [4.78, 5) is 13.8. The van der Waals surface area contributed by atoms with E-state index < -0.39 is 5.97 Å². The summed E-state index contributed by atoms with van der Waals surface area (Å²) in [7, 11) is 0. The summed E-state index contributed by atoms with van der Waals surface area (Å²) in [6, 6.07) is 3.08. The molecule has 1 aliphatic carbocycles. The van der Waals surface area contributed by atoms with Crippen molar-refractivity contribution < 1.29 is 15.0 Å². The molecule has 1 saturated carbocycles. The first-order chi connectivity index (χ1) is 8.01. The molecule has 0 amide bonds. The van der Waals surface area contributed by atoms with E-state index in [9.17, 15) is 9.90 Å². The first-order valence-corrected chi connectivity index (χ1v) is 5.87. The van der Waals surface area contributed by atoms with Crippen molar-refractivity contribution in [2.45, 2.75) is 44.6 Å². The predicted octanol–water partition coefficient (Wildman–Crippen LogP) is 2.48. The molecule has 0 radical (unpaired) electrons. The fourth-order valence-corrected chi connectivity index (χ4v) is 1.80. The van der Waals surface area contributed by atoms with Crippen LogP contribution in [0.15, 0.2) is 24.5 Å². The van der Waals surface area contributed by atoms with Gasteiger partial charge in [0.25, 0.3) is 0 Å². The second kappa shape index (κ2) is 6.35. The molecular weight excluding hydrogens is 218 g/mol. The summed E-state index contributed by atoms with van der Waals surface area (Å²) in [6.45, 7) is 1.94. The Kier molecular flexibility index (Phi) is 5.10. The van der Waals surface area contributed by atoms with Gasteiger partial charge in [0.2, 0.25) is 0 Å². The van der Waals surface area contributed by atoms with E-state index in [1.165, 1.54) is 37.7 Å². The molecule has 1 aromatic rings. The van der Waals surface area contributed by atoms with Gasteiger partial charge in [0, 0.05) is 12.4 Å². The van der Waals surface area contributed by atoms with Gasteiger partial charge in [-0.15, -0.1) is 0 Å². The lowest BCUT2D eigenvalue weighted by molar-refractivity contribution is 0.0225. The standard InChI is InChI=1S/C7H14O.C6H5NO2/c1-7(8)5-3-2-4-6-7;8-6(9)5-2-1-3-7-4-5/h8H,2-6H2,1H3;1-4H,(H,8,9). The van der Waals surface area contributed by atoms with Crippen molar-refractivity contribution in [2.24, 2.45) is 0 Å². The van der Waals surface area contributed by atoms with E-state index >= 15 is 0 Å². The minimum Gasteiger partial charge on any atom is -0.478 e. The van der Waals surface area contributed by atoms with E-state index in [0.717, 1.165) is 12.8 Å². The van der Waals surface area contributed by atoms with Gasteiger partial charge in [0.05, 0.1) is 11.2 Å². The van der Waals surface area contributed by atoms with Crippen LogP contribution in [0.2, 0.25) is 0 Å². The van der Waals surface area contributed by atoms with Gasteiger partial charge in [-0.3, -0.25) is 4.98 Å². The monoisotopic (exact) mass is 237 g/mol. The summed E-state index contributed by atoms with van der Waals surface area (Å²) in [5, 5.41) is 17.7. The predicted molar refractivity (Wildman–Crippen MR) is 64.9 cm³/mol. The molecular formula is C13H19NO3. The largest absolute Gasteiger partial charge is 0.478 e. The lowest BCUT2D eigenvalue weighted by Gasteiger charge is -2.27. The van der Waals surface area contributed by atoms with Gasteiger partial charge in [0.1, 0.15) is 0 Å². The van der Waals surface area contributed by atoms with E-state index in [2.05, 4.69) is 4.98 Å². The van der Waals surface area contributed by atoms with Crippen LogP contribution in [0.4, 0.5) is 0 Å². The fourth-order valence-electron chi connectivity index (χ4n) is 1.80. The van der Waals surface area contributed by atoms with Gasteiger partial charge in [-0.2, -0.15) is 0 Å². The van der Waals surface area contributed by atoms with Gasteiger partial charge in [-0.25, -0.2) is 4.79 Å². The molecule has 0 aliphatic heterocycles. The van der Waals surface area contributed by atoms with Gasteiger partial charge in [-0.05, 0) is 31.9 Å². The third-order valence-electron chi connectivity index (χ3n) is 2.84. The molecule has 0 bridgehead atoms. The van der Waals surface area contributed by atoms with Crippen molar-refractivity contribution in [1.82, 2.24) is 4.98 Å². The number of hydrogen-bond donors (Lipinski definition) is 2. The van der Waals surface area contributed by atoms with Gasteiger partial charge in [0.15, 0.2) is 0 Å². The Morgan fingerprint density at radius 3 is 2.29 bits per heavy atom. The van der Waals surface area contributed by atoms with E-state index in [1.807, 2.05) is 6.92 Å². The summed E-state index contributed by atoms with van der Waals surface area (Å²) in [5.41, 5.74) is -0.101. The van der Waals surface area contributed by atoms with Gasteiger partial charge >= 0.3 is 5.97 Å². The summed E-state index contributed by atoms with van der Waals surface area (Å²) < 4.78 is 0. The quantitative estimate of drug-likeness (QED) is 0.787. The molecule has 0 atom stereocenters. The Hall–Kier alpha value is -1.42. The topological polar surface area (TPSA) is 70.4 Å². The normalized spacial score (nSPS) is 17.8. The third-order valence-corrected chi connectivity index (χ3v) is 2.84. The molecule has 2 rings (SSSR count). The van der Waals surface area contributed by atoms with Crippen LogP contribution in [-0.4, -0.2) is 26.8 Å². The fraction of sp³-hybridized carbons (Fsp3) is 0.538. The van der Waals surface area contributed by atoms with E-state index in [1.54, 1.807) is 6.07 Å². The molecule has 0 spiro atoms. The number of rotatable bonds is 1. The molecule has 1 aromatic heterocycles. The summed E-state index contributed by atoms with van der Waals surface area (Å²) >= 11 is 0. The Morgan fingerprint density at radius 1 is 1.35 bits per heavy atom. The number of aromatic carboxylic acids is 1. The second-order valence-electron chi connectivity index (χ2n) is 4.60. The summed E-state index contributed by atoms with van der Waals surface area (Å²) in [6.07, 6.45) is 8.60. The highest BCUT2D eigenvalue weighted by Crippen LogP contribution is 2.26. The molecule has 4 nitrogen and oxygen atoms in total. The van der Waals surface area contributed by atoms with Crippen LogP contribution in [0.1, 0.15) is 49.4 Å². The zero-order valence-corrected chi connectivity index (χ0v) is 10.1. The van der Waals surface area contributed by atoms with Crippen molar-refractivity contribution in [3.05, 3.63) is 30.1 Å². The molecule has 0 aromatic carbocycles. The van der Waals surface area contributed by atoms with E-state index in [-0.39, 0.29) is 11.2 Å². The average molecular weight is 237 g/mol. The van der Waals surface area contributed by atoms with E-state index in [0.29, 0.717) is 0 Å². The number of carboxylic acid groups (broad SMARTS) is 1. The number of carbonyl (C=O) groups is 1. The van der Waals surface area contributed by atoms with Crippen molar-refractivity contribution >= 4 is 5.97 Å². The maximum atomic E-state index is 10.2. The minimum atomic E-state index is -0.942. The number of aromatic nitrogens is 1. The molecule has 17 heavy (non-hydrogen) atoms. The number of nitrogens with zero attached hydrogens (tertiary/aromatic N) is 1. The highest BCUT2D eigenvalue weighted by molar-refractivity contribution is 5.86. The molecule has 0 unspecified atom stereocenters. The highest BCUT2D eigenvalue weighted by Gasteiger charge is 2.22. The molecule has 2 N–H and O–H groups in total. The van der Waals surface area contributed by atoms with Crippen molar-refractivity contribution in [2.75, 3.05) is 0 Å². The van der Waals surface area contributed by atoms with Crippen LogP contribution in [0.5, 0.6) is 0 Å². The molecule has 1 aliphatic rings. The smallest absolute Gasteiger partial charge is 0.337 e. The molecule has 0 saturated heterocycles. The van der Waals surface area contributed by atoms with Crippen LogP contribution in [0, 0.1) is 0 Å². The number of carboxylic acids is 1. The first kappa shape index (κ1) is 13.6. The highest BCUT2D eigenvalue weighted by atomic mass is 16.4. The molecule has 4 heteroatoms. The Morgan fingerprint density at radius 2 is 2.00 bits per heavy atom. The van der Waals surface area contributed by atoms with Crippen molar-refractivity contribution in [3.63, 3.8) is 0 Å². The van der Waals surface area contributed by atoms with Gasteiger partial charge < -0.3 is 10.2 Å². The van der Waals surface area contributed by atoms with Crippen LogP contribution < -0.4 is 0 Å². The maximum absolute atomic E-state index is 10.2. The second-order valence-corrected chi connectivity index (χ2v) is 4.60. The minimum absolute atomic E-state index is 0.220. The lowest BCUT2D eigenvalue weighted by Crippen LogP contribution is -2.26. The lowest BCUT2D eigenvalue weighted by atomic mass is 9.87. The molecule has 1 heterocycles. The SMILES string of the molecule is CC1(O)CCCCC1.O=C(O)c1cccnc1. The zero-order chi connectivity index (χ0) is 12.7. The maximum Gasteiger partial charge on any atom is 0.337 e. The molecule has 94 valence electrons. The zero-order valence-electron chi connectivity index (χ0n) is 10.1. The van der Waals surface area contributed by atoms with Crippen LogP contribution in [0.25, 0.3) is 0 Å². The Labute approximate surface area is 101 Å². The van der Waals surface area contributed by atoms with Crippen molar-refractivity contribution in [1.29, 1.82) is 0 Å². The van der Waals surface area contributed by atoms with Crippen LogP contribution in [-0.2, 0) is 0 Å². The van der Waals surface area contributed by atoms with Crippen molar-refractivity contribution in [3.8, 4) is 0 Å². The third kappa shape index (κ3) is 5.45. The van der Waals surface area contributed by atoms with Crippen LogP contribution in [0.3, 0.4) is 0 Å². The summed E-state index contributed by atoms with van der Waals surface area (Å²) in [5.74, 6) is -0.942. The van der Waals surface area contributed by atoms with Gasteiger partial charge in [-0.1, -0.05) is 19.3 Å². The number of hydrogen-bond acceptors (Lipinski definition) is 3. The Bertz CT molecular complexity index is 341. The van der Waals surface area contributed by atoms with E-state index in [4.69, 9.17) is 5.11 Å².